The molecule has 0 saturated carbocycles. The van der Waals surface area contributed by atoms with E-state index in [9.17, 15) is 18.0 Å². The molecule has 0 bridgehead atoms. The van der Waals surface area contributed by atoms with Crippen molar-refractivity contribution in [3.05, 3.63) is 21.4 Å². The summed E-state index contributed by atoms with van der Waals surface area (Å²) in [6.45, 7) is 2.19. The first-order chi connectivity index (χ1) is 7.79. The Kier molecular flexibility index (Phi) is 4.70. The van der Waals surface area contributed by atoms with Crippen LogP contribution in [0.1, 0.15) is 26.5 Å². The third kappa shape index (κ3) is 4.87. The Morgan fingerprint density at radius 1 is 1.41 bits per heavy atom. The third-order valence-electron chi connectivity index (χ3n) is 2.03. The highest BCUT2D eigenvalue weighted by atomic mass is 32.1. The minimum Gasteiger partial charge on any atom is -0.372 e. The molecule has 0 atom stereocenters. The minimum atomic E-state index is -4.33. The van der Waals surface area contributed by atoms with Crippen molar-refractivity contribution in [2.75, 3.05) is 13.2 Å². The van der Waals surface area contributed by atoms with Crippen molar-refractivity contribution >= 4 is 17.1 Å². The SMILES string of the molecule is Cc1cc(C)c(C(=O)CCOCC(F)(F)F)s1. The predicted octanol–water partition coefficient (Wildman–Crippen LogP) is 3.52. The summed E-state index contributed by atoms with van der Waals surface area (Å²) in [5.74, 6) is -0.164. The van der Waals surface area contributed by atoms with Gasteiger partial charge in [0.2, 0.25) is 0 Å². The molecule has 0 N–H and O–H groups in total. The zero-order valence-electron chi connectivity index (χ0n) is 9.56. The fourth-order valence-corrected chi connectivity index (χ4v) is 2.38. The van der Waals surface area contributed by atoms with E-state index in [1.165, 1.54) is 11.3 Å². The second-order valence-electron chi connectivity index (χ2n) is 3.71. The molecule has 0 aromatic carbocycles. The molecule has 1 aromatic heterocycles. The normalized spacial score (nSPS) is 11.8. The van der Waals surface area contributed by atoms with Gasteiger partial charge in [-0.25, -0.2) is 0 Å². The summed E-state index contributed by atoms with van der Waals surface area (Å²) in [6.07, 6.45) is -4.35. The standard InChI is InChI=1S/C11H13F3O2S/c1-7-5-8(2)17-10(7)9(15)3-4-16-6-11(12,13)14/h5H,3-4,6H2,1-2H3. The van der Waals surface area contributed by atoms with E-state index < -0.39 is 12.8 Å². The van der Waals surface area contributed by atoms with Crippen LogP contribution in [-0.2, 0) is 4.74 Å². The summed E-state index contributed by atoms with van der Waals surface area (Å²) >= 11 is 1.36. The van der Waals surface area contributed by atoms with E-state index in [1.807, 2.05) is 19.9 Å². The summed E-state index contributed by atoms with van der Waals surface area (Å²) in [6, 6.07) is 1.88. The fraction of sp³-hybridized carbons (Fsp3) is 0.545. The minimum absolute atomic E-state index is 0.0170. The Morgan fingerprint density at radius 2 is 2.06 bits per heavy atom. The number of alkyl halides is 3. The van der Waals surface area contributed by atoms with Crippen LogP contribution in [0.5, 0.6) is 0 Å². The Labute approximate surface area is 101 Å². The molecule has 0 aliphatic rings. The van der Waals surface area contributed by atoms with Gasteiger partial charge in [-0.1, -0.05) is 0 Å². The van der Waals surface area contributed by atoms with Crippen molar-refractivity contribution in [1.29, 1.82) is 0 Å². The number of carbonyl (C=O) groups excluding carboxylic acids is 1. The van der Waals surface area contributed by atoms with Crippen LogP contribution in [0.3, 0.4) is 0 Å². The molecule has 0 amide bonds. The van der Waals surface area contributed by atoms with Crippen LogP contribution in [0.15, 0.2) is 6.07 Å². The largest absolute Gasteiger partial charge is 0.411 e. The molecule has 17 heavy (non-hydrogen) atoms. The number of ketones is 1. The molecule has 96 valence electrons. The van der Waals surface area contributed by atoms with Crippen molar-refractivity contribution in [2.45, 2.75) is 26.4 Å². The molecule has 2 nitrogen and oxygen atoms in total. The smallest absolute Gasteiger partial charge is 0.372 e. The number of hydrogen-bond acceptors (Lipinski definition) is 3. The van der Waals surface area contributed by atoms with Crippen LogP contribution < -0.4 is 0 Å². The number of halogens is 3. The number of carbonyl (C=O) groups is 1. The number of aryl methyl sites for hydroxylation is 2. The molecule has 0 spiro atoms. The van der Waals surface area contributed by atoms with E-state index >= 15 is 0 Å². The lowest BCUT2D eigenvalue weighted by Gasteiger charge is -2.06. The number of ether oxygens (including phenoxy) is 1. The van der Waals surface area contributed by atoms with Gasteiger partial charge in [0.15, 0.2) is 5.78 Å². The number of rotatable bonds is 5. The highest BCUT2D eigenvalue weighted by molar-refractivity contribution is 7.14. The summed E-state index contributed by atoms with van der Waals surface area (Å²) < 4.78 is 39.7. The monoisotopic (exact) mass is 266 g/mol. The lowest BCUT2D eigenvalue weighted by molar-refractivity contribution is -0.173. The number of Topliss-reactive ketones (excluding diaryl/α,β-unsaturated/α-hetero) is 1. The van der Waals surface area contributed by atoms with Gasteiger partial charge in [0, 0.05) is 11.3 Å². The molecule has 1 rings (SSSR count). The molecule has 1 aromatic rings. The fourth-order valence-electron chi connectivity index (χ4n) is 1.38. The second-order valence-corrected chi connectivity index (χ2v) is 4.97. The molecule has 0 unspecified atom stereocenters. The van der Waals surface area contributed by atoms with E-state index in [-0.39, 0.29) is 18.8 Å². The van der Waals surface area contributed by atoms with Crippen LogP contribution in [0.4, 0.5) is 13.2 Å². The van der Waals surface area contributed by atoms with Crippen molar-refractivity contribution in [3.8, 4) is 0 Å². The van der Waals surface area contributed by atoms with Gasteiger partial charge >= 0.3 is 6.18 Å². The maximum absolute atomic E-state index is 11.8. The van der Waals surface area contributed by atoms with Gasteiger partial charge in [0.1, 0.15) is 6.61 Å². The lowest BCUT2D eigenvalue weighted by Crippen LogP contribution is -2.18. The summed E-state index contributed by atoms with van der Waals surface area (Å²) in [4.78, 5) is 13.3. The predicted molar refractivity (Wildman–Crippen MR) is 59.6 cm³/mol. The van der Waals surface area contributed by atoms with Crippen LogP contribution in [0.2, 0.25) is 0 Å². The molecule has 0 fully saturated rings. The highest BCUT2D eigenvalue weighted by Crippen LogP contribution is 2.22. The van der Waals surface area contributed by atoms with Crippen LogP contribution >= 0.6 is 11.3 Å². The van der Waals surface area contributed by atoms with Gasteiger partial charge in [0.05, 0.1) is 11.5 Å². The van der Waals surface area contributed by atoms with Gasteiger partial charge in [-0.15, -0.1) is 11.3 Å². The maximum atomic E-state index is 11.8. The van der Waals surface area contributed by atoms with Crippen LogP contribution in [0.25, 0.3) is 0 Å². The molecule has 0 radical (unpaired) electrons. The van der Waals surface area contributed by atoms with Crippen molar-refractivity contribution in [1.82, 2.24) is 0 Å². The highest BCUT2D eigenvalue weighted by Gasteiger charge is 2.27. The Hall–Kier alpha value is -0.880. The van der Waals surface area contributed by atoms with Gasteiger partial charge < -0.3 is 4.74 Å². The third-order valence-corrected chi connectivity index (χ3v) is 3.23. The Morgan fingerprint density at radius 3 is 2.53 bits per heavy atom. The first kappa shape index (κ1) is 14.2. The van der Waals surface area contributed by atoms with E-state index in [0.29, 0.717) is 4.88 Å². The number of thiophene rings is 1. The van der Waals surface area contributed by atoms with E-state index in [4.69, 9.17) is 0 Å². The summed E-state index contributed by atoms with van der Waals surface area (Å²) in [7, 11) is 0. The second kappa shape index (κ2) is 5.64. The molecule has 6 heteroatoms. The zero-order valence-corrected chi connectivity index (χ0v) is 10.4. The molecular formula is C11H13F3O2S. The van der Waals surface area contributed by atoms with E-state index in [2.05, 4.69) is 4.74 Å². The van der Waals surface area contributed by atoms with E-state index in [0.717, 1.165) is 10.4 Å². The van der Waals surface area contributed by atoms with Crippen LogP contribution in [-0.4, -0.2) is 25.2 Å². The Bertz CT molecular complexity index is 396. The van der Waals surface area contributed by atoms with Crippen molar-refractivity contribution in [2.24, 2.45) is 0 Å². The zero-order chi connectivity index (χ0) is 13.1. The van der Waals surface area contributed by atoms with Gasteiger partial charge in [-0.2, -0.15) is 13.2 Å². The average Bonchev–Trinajstić information content (AvgIpc) is 2.51. The molecule has 0 saturated heterocycles. The summed E-state index contributed by atoms with van der Waals surface area (Å²) in [5.41, 5.74) is 0.869. The lowest BCUT2D eigenvalue weighted by atomic mass is 10.2. The molecule has 1 heterocycles. The maximum Gasteiger partial charge on any atom is 0.411 e. The summed E-state index contributed by atoms with van der Waals surface area (Å²) in [5, 5.41) is 0. The molecule has 0 aliphatic heterocycles. The number of hydrogen-bond donors (Lipinski definition) is 0. The van der Waals surface area contributed by atoms with Gasteiger partial charge in [0.25, 0.3) is 0 Å². The molecule has 0 aliphatic carbocycles. The van der Waals surface area contributed by atoms with Gasteiger partial charge in [-0.3, -0.25) is 4.79 Å². The molecular weight excluding hydrogens is 253 g/mol. The Balaban J connectivity index is 2.38. The van der Waals surface area contributed by atoms with Crippen molar-refractivity contribution < 1.29 is 22.7 Å². The van der Waals surface area contributed by atoms with Crippen molar-refractivity contribution in [3.63, 3.8) is 0 Å². The first-order valence-electron chi connectivity index (χ1n) is 5.04. The van der Waals surface area contributed by atoms with Crippen LogP contribution in [0, 0.1) is 13.8 Å². The van der Waals surface area contributed by atoms with E-state index in [1.54, 1.807) is 0 Å². The quantitative estimate of drug-likeness (QED) is 0.602. The topological polar surface area (TPSA) is 26.3 Å². The average molecular weight is 266 g/mol. The van der Waals surface area contributed by atoms with Gasteiger partial charge in [-0.05, 0) is 25.5 Å². The first-order valence-corrected chi connectivity index (χ1v) is 5.86.